The van der Waals surface area contributed by atoms with Gasteiger partial charge in [-0.2, -0.15) is 4.31 Å². The smallest absolute Gasteiger partial charge is 0.243 e. The Balaban J connectivity index is 1.36. The third-order valence-electron chi connectivity index (χ3n) is 5.71. The maximum absolute atomic E-state index is 13.2. The summed E-state index contributed by atoms with van der Waals surface area (Å²) in [6.07, 6.45) is 1.75. The quantitative estimate of drug-likeness (QED) is 0.616. The number of hydrogen-bond acceptors (Lipinski definition) is 5. The van der Waals surface area contributed by atoms with Crippen molar-refractivity contribution in [1.29, 1.82) is 0 Å². The lowest BCUT2D eigenvalue weighted by atomic mass is 9.99. The van der Waals surface area contributed by atoms with Gasteiger partial charge in [0.1, 0.15) is 5.82 Å². The molecule has 32 heavy (non-hydrogen) atoms. The molecule has 0 aliphatic carbocycles. The van der Waals surface area contributed by atoms with Crippen molar-refractivity contribution in [3.63, 3.8) is 0 Å². The van der Waals surface area contributed by atoms with Crippen LogP contribution in [0.25, 0.3) is 11.0 Å². The number of nitrogens with one attached hydrogen (secondary N) is 1. The lowest BCUT2D eigenvalue weighted by Crippen LogP contribution is -2.45. The van der Waals surface area contributed by atoms with Gasteiger partial charge in [-0.1, -0.05) is 12.1 Å². The van der Waals surface area contributed by atoms with Crippen molar-refractivity contribution in [1.82, 2.24) is 19.6 Å². The second-order valence-electron chi connectivity index (χ2n) is 7.94. The van der Waals surface area contributed by atoms with E-state index in [0.717, 1.165) is 34.6 Å². The molecular weight excluding hydrogens is 431 g/mol. The minimum atomic E-state index is -3.77. The molecule has 1 fully saturated rings. The van der Waals surface area contributed by atoms with E-state index in [1.165, 1.54) is 16.4 Å². The standard InChI is InChI=1S/C23H25FN4O3S/c1-16-20(27-22-7-3-2-6-21(22)26-16)12-13-25-23(29)17-5-4-14-28(15-17)32(30,31)19-10-8-18(24)9-11-19/h2-3,6-11,17H,4-5,12-15H2,1H3,(H,25,29). The van der Waals surface area contributed by atoms with Gasteiger partial charge in [-0.25, -0.2) is 22.8 Å². The fourth-order valence-corrected chi connectivity index (χ4v) is 5.46. The van der Waals surface area contributed by atoms with Crippen LogP contribution in [0.2, 0.25) is 0 Å². The summed E-state index contributed by atoms with van der Waals surface area (Å²) in [4.78, 5) is 22.0. The van der Waals surface area contributed by atoms with Gasteiger partial charge in [-0.15, -0.1) is 0 Å². The maximum atomic E-state index is 13.2. The van der Waals surface area contributed by atoms with Crippen LogP contribution in [-0.2, 0) is 21.2 Å². The number of hydrogen-bond donors (Lipinski definition) is 1. The highest BCUT2D eigenvalue weighted by molar-refractivity contribution is 7.89. The first kappa shape index (κ1) is 22.3. The zero-order valence-electron chi connectivity index (χ0n) is 17.8. The monoisotopic (exact) mass is 456 g/mol. The molecule has 1 aromatic heterocycles. The third-order valence-corrected chi connectivity index (χ3v) is 7.59. The minimum absolute atomic E-state index is 0.0327. The average molecular weight is 457 g/mol. The van der Waals surface area contributed by atoms with Gasteiger partial charge in [0.25, 0.3) is 0 Å². The Labute approximate surface area is 186 Å². The van der Waals surface area contributed by atoms with Gasteiger partial charge in [0.15, 0.2) is 0 Å². The Hall–Kier alpha value is -2.91. The van der Waals surface area contributed by atoms with Gasteiger partial charge in [0.05, 0.1) is 33.2 Å². The van der Waals surface area contributed by atoms with Crippen LogP contribution in [0.3, 0.4) is 0 Å². The van der Waals surface area contributed by atoms with Crippen LogP contribution in [0, 0.1) is 18.7 Å². The molecule has 1 unspecified atom stereocenters. The Kier molecular flexibility index (Phi) is 6.48. The van der Waals surface area contributed by atoms with Gasteiger partial charge in [0, 0.05) is 26.1 Å². The van der Waals surface area contributed by atoms with E-state index < -0.39 is 21.8 Å². The van der Waals surface area contributed by atoms with Crippen LogP contribution in [0.5, 0.6) is 0 Å². The largest absolute Gasteiger partial charge is 0.355 e. The van der Waals surface area contributed by atoms with Crippen molar-refractivity contribution >= 4 is 27.0 Å². The second kappa shape index (κ2) is 9.30. The lowest BCUT2D eigenvalue weighted by Gasteiger charge is -2.31. The number of halogens is 1. The maximum Gasteiger partial charge on any atom is 0.243 e. The van der Waals surface area contributed by atoms with Gasteiger partial charge in [-0.3, -0.25) is 4.79 Å². The number of amides is 1. The molecule has 0 saturated carbocycles. The molecule has 168 valence electrons. The van der Waals surface area contributed by atoms with E-state index in [0.29, 0.717) is 32.4 Å². The van der Waals surface area contributed by atoms with Crippen molar-refractivity contribution in [2.75, 3.05) is 19.6 Å². The van der Waals surface area contributed by atoms with Gasteiger partial charge < -0.3 is 5.32 Å². The molecule has 2 aromatic carbocycles. The topological polar surface area (TPSA) is 92.3 Å². The Morgan fingerprint density at radius 1 is 1.12 bits per heavy atom. The number of nitrogens with zero attached hydrogens (tertiary/aromatic N) is 3. The molecule has 1 atom stereocenters. The molecule has 2 heterocycles. The molecule has 1 aliphatic heterocycles. The molecule has 0 spiro atoms. The summed E-state index contributed by atoms with van der Waals surface area (Å²) in [6.45, 7) is 2.75. The zero-order valence-corrected chi connectivity index (χ0v) is 18.6. The number of carbonyl (C=O) groups is 1. The van der Waals surface area contributed by atoms with Crippen molar-refractivity contribution in [2.45, 2.75) is 31.1 Å². The van der Waals surface area contributed by atoms with Crippen LogP contribution >= 0.6 is 0 Å². The predicted molar refractivity (Wildman–Crippen MR) is 119 cm³/mol. The van der Waals surface area contributed by atoms with Crippen molar-refractivity contribution in [3.05, 3.63) is 65.7 Å². The van der Waals surface area contributed by atoms with Crippen LogP contribution < -0.4 is 5.32 Å². The van der Waals surface area contributed by atoms with Gasteiger partial charge in [0.2, 0.25) is 15.9 Å². The van der Waals surface area contributed by atoms with E-state index in [1.54, 1.807) is 0 Å². The molecule has 1 saturated heterocycles. The second-order valence-corrected chi connectivity index (χ2v) is 9.88. The molecule has 0 radical (unpaired) electrons. The normalized spacial score (nSPS) is 17.4. The molecular formula is C23H25FN4O3S. The minimum Gasteiger partial charge on any atom is -0.355 e. The third kappa shape index (κ3) is 4.78. The van der Waals surface area contributed by atoms with Crippen LogP contribution in [0.4, 0.5) is 4.39 Å². The SMILES string of the molecule is Cc1nc2ccccc2nc1CCNC(=O)C1CCCN(S(=O)(=O)c2ccc(F)cc2)C1. The average Bonchev–Trinajstić information content (AvgIpc) is 2.79. The fraction of sp³-hybridized carbons (Fsp3) is 0.348. The van der Waals surface area contributed by atoms with E-state index in [-0.39, 0.29) is 17.3 Å². The van der Waals surface area contributed by atoms with Crippen molar-refractivity contribution < 1.29 is 17.6 Å². The predicted octanol–water partition coefficient (Wildman–Crippen LogP) is 2.84. The Morgan fingerprint density at radius 2 is 1.81 bits per heavy atom. The summed E-state index contributed by atoms with van der Waals surface area (Å²) in [5.41, 5.74) is 3.30. The number of aryl methyl sites for hydroxylation is 1. The zero-order chi connectivity index (χ0) is 22.7. The number of carbonyl (C=O) groups excluding carboxylic acids is 1. The molecule has 3 aromatic rings. The number of piperidine rings is 1. The molecule has 1 N–H and O–H groups in total. The number of rotatable bonds is 6. The molecule has 0 bridgehead atoms. The summed E-state index contributed by atoms with van der Waals surface area (Å²) >= 11 is 0. The molecule has 4 rings (SSSR count). The number of para-hydroxylation sites is 2. The molecule has 1 amide bonds. The van der Waals surface area contributed by atoms with Crippen LogP contribution in [-0.4, -0.2) is 48.2 Å². The molecule has 1 aliphatic rings. The lowest BCUT2D eigenvalue weighted by molar-refractivity contribution is -0.126. The highest BCUT2D eigenvalue weighted by Crippen LogP contribution is 2.24. The van der Waals surface area contributed by atoms with E-state index in [2.05, 4.69) is 15.3 Å². The van der Waals surface area contributed by atoms with Gasteiger partial charge in [-0.05, 0) is 56.2 Å². The number of sulfonamides is 1. The Bertz CT molecular complexity index is 1230. The van der Waals surface area contributed by atoms with Crippen molar-refractivity contribution in [3.8, 4) is 0 Å². The Morgan fingerprint density at radius 3 is 2.53 bits per heavy atom. The first-order valence-corrected chi connectivity index (χ1v) is 12.0. The summed E-state index contributed by atoms with van der Waals surface area (Å²) < 4.78 is 40.2. The summed E-state index contributed by atoms with van der Waals surface area (Å²) in [6, 6.07) is 12.4. The van der Waals surface area contributed by atoms with Crippen LogP contribution in [0.15, 0.2) is 53.4 Å². The van der Waals surface area contributed by atoms with E-state index in [4.69, 9.17) is 0 Å². The van der Waals surface area contributed by atoms with E-state index in [9.17, 15) is 17.6 Å². The highest BCUT2D eigenvalue weighted by Gasteiger charge is 2.33. The first-order valence-electron chi connectivity index (χ1n) is 10.6. The number of aromatic nitrogens is 2. The first-order chi connectivity index (χ1) is 15.3. The molecule has 9 heteroatoms. The summed E-state index contributed by atoms with van der Waals surface area (Å²) in [5, 5.41) is 2.92. The van der Waals surface area contributed by atoms with Gasteiger partial charge >= 0.3 is 0 Å². The fourth-order valence-electron chi connectivity index (χ4n) is 3.94. The number of fused-ring (bicyclic) bond motifs is 1. The molecule has 7 nitrogen and oxygen atoms in total. The van der Waals surface area contributed by atoms with E-state index in [1.807, 2.05) is 31.2 Å². The van der Waals surface area contributed by atoms with E-state index >= 15 is 0 Å². The summed E-state index contributed by atoms with van der Waals surface area (Å²) in [5.74, 6) is -1.09. The van der Waals surface area contributed by atoms with Crippen LogP contribution in [0.1, 0.15) is 24.2 Å². The van der Waals surface area contributed by atoms with Crippen molar-refractivity contribution in [2.24, 2.45) is 5.92 Å². The highest BCUT2D eigenvalue weighted by atomic mass is 32.2. The number of benzene rings is 2. The summed E-state index contributed by atoms with van der Waals surface area (Å²) in [7, 11) is -3.77.